The van der Waals surface area contributed by atoms with Gasteiger partial charge in [0.2, 0.25) is 0 Å². The molecule has 0 spiro atoms. The first-order valence-corrected chi connectivity index (χ1v) is 9.97. The van der Waals surface area contributed by atoms with E-state index >= 15 is 0 Å². The second kappa shape index (κ2) is 10.4. The van der Waals surface area contributed by atoms with Crippen molar-refractivity contribution >= 4 is 23.4 Å². The molecule has 0 heterocycles. The van der Waals surface area contributed by atoms with E-state index in [0.717, 1.165) is 5.56 Å². The van der Waals surface area contributed by atoms with Crippen molar-refractivity contribution in [3.63, 3.8) is 0 Å². The molecular formula is C23H32N4O2. The van der Waals surface area contributed by atoms with Gasteiger partial charge in [0.25, 0.3) is 0 Å². The van der Waals surface area contributed by atoms with Gasteiger partial charge in [0.1, 0.15) is 11.1 Å². The summed E-state index contributed by atoms with van der Waals surface area (Å²) in [5.74, 6) is 5.33. The predicted octanol–water partition coefficient (Wildman–Crippen LogP) is 4.62. The molecule has 1 aromatic rings. The van der Waals surface area contributed by atoms with E-state index in [1.807, 2.05) is 40.7 Å². The fourth-order valence-electron chi connectivity index (χ4n) is 2.92. The van der Waals surface area contributed by atoms with Crippen molar-refractivity contribution < 1.29 is 9.59 Å². The molecule has 0 aliphatic carbocycles. The number of carbonyl (C=O) groups excluding carboxylic acids is 2. The molecule has 156 valence electrons. The number of hydrogen-bond acceptors (Lipinski definition) is 2. The molecule has 0 atom stereocenters. The molecule has 4 amide bonds. The number of aryl methyl sites for hydroxylation is 1. The lowest BCUT2D eigenvalue weighted by Crippen LogP contribution is -2.48. The molecule has 0 bridgehead atoms. The first-order chi connectivity index (χ1) is 13.7. The molecule has 0 radical (unpaired) electrons. The minimum atomic E-state index is -0.688. The third-order valence-electron chi connectivity index (χ3n) is 5.42. The molecule has 0 fully saturated rings. The van der Waals surface area contributed by atoms with Crippen LogP contribution in [0.25, 0.3) is 0 Å². The van der Waals surface area contributed by atoms with E-state index in [4.69, 9.17) is 12.8 Å². The molecule has 1 aromatic carbocycles. The number of terminal acetylenes is 2. The van der Waals surface area contributed by atoms with Gasteiger partial charge in [0.15, 0.2) is 0 Å². The van der Waals surface area contributed by atoms with Crippen molar-refractivity contribution in [2.75, 3.05) is 10.6 Å². The highest BCUT2D eigenvalue weighted by molar-refractivity contribution is 5.94. The molecule has 0 aromatic heterocycles. The normalized spacial score (nSPS) is 11.0. The van der Waals surface area contributed by atoms with E-state index in [0.29, 0.717) is 37.1 Å². The summed E-state index contributed by atoms with van der Waals surface area (Å²) in [6.07, 6.45) is 13.7. The molecule has 1 rings (SSSR count). The standard InChI is InChI=1S/C23H32N4O2/c1-8-22(9-2,10-3)26-20(28)24-18-15-14-17(7)19(16-18)25-21(29)27-23(11-4,12-5)13-6/h1,4,14-16H,9-10,12-13H2,2-3,5-7H3,(H2,24,26,28)(H2,25,27,29). The van der Waals surface area contributed by atoms with Crippen LogP contribution in [-0.4, -0.2) is 23.1 Å². The van der Waals surface area contributed by atoms with E-state index in [2.05, 4.69) is 33.1 Å². The predicted molar refractivity (Wildman–Crippen MR) is 120 cm³/mol. The fourth-order valence-corrected chi connectivity index (χ4v) is 2.92. The lowest BCUT2D eigenvalue weighted by Gasteiger charge is -2.27. The number of urea groups is 2. The molecule has 29 heavy (non-hydrogen) atoms. The molecule has 6 nitrogen and oxygen atoms in total. The van der Waals surface area contributed by atoms with Crippen LogP contribution < -0.4 is 21.3 Å². The van der Waals surface area contributed by atoms with Gasteiger partial charge in [0.05, 0.1) is 0 Å². The second-order valence-corrected chi connectivity index (χ2v) is 7.06. The van der Waals surface area contributed by atoms with Crippen LogP contribution in [0.5, 0.6) is 0 Å². The fraction of sp³-hybridized carbons (Fsp3) is 0.478. The first-order valence-electron chi connectivity index (χ1n) is 9.97. The number of hydrogen-bond donors (Lipinski definition) is 4. The Bertz CT molecular complexity index is 809. The molecule has 0 aliphatic heterocycles. The van der Waals surface area contributed by atoms with Crippen LogP contribution >= 0.6 is 0 Å². The smallest absolute Gasteiger partial charge is 0.320 e. The summed E-state index contributed by atoms with van der Waals surface area (Å²) in [6, 6.07) is 4.48. The van der Waals surface area contributed by atoms with Crippen molar-refractivity contribution in [3.8, 4) is 24.7 Å². The zero-order valence-corrected chi connectivity index (χ0v) is 18.0. The van der Waals surface area contributed by atoms with Crippen LogP contribution in [0.15, 0.2) is 18.2 Å². The Morgan fingerprint density at radius 2 is 1.31 bits per heavy atom. The van der Waals surface area contributed by atoms with Gasteiger partial charge < -0.3 is 21.3 Å². The average molecular weight is 397 g/mol. The topological polar surface area (TPSA) is 82.3 Å². The highest BCUT2D eigenvalue weighted by atomic mass is 16.2. The monoisotopic (exact) mass is 396 g/mol. The van der Waals surface area contributed by atoms with E-state index in [1.54, 1.807) is 12.1 Å². The lowest BCUT2D eigenvalue weighted by atomic mass is 9.94. The van der Waals surface area contributed by atoms with Crippen LogP contribution in [0, 0.1) is 31.6 Å². The second-order valence-electron chi connectivity index (χ2n) is 7.06. The molecule has 0 aliphatic rings. The Morgan fingerprint density at radius 1 is 0.862 bits per heavy atom. The quantitative estimate of drug-likeness (QED) is 0.484. The van der Waals surface area contributed by atoms with Crippen LogP contribution in [-0.2, 0) is 0 Å². The maximum Gasteiger partial charge on any atom is 0.320 e. The number of benzene rings is 1. The summed E-state index contributed by atoms with van der Waals surface area (Å²) in [7, 11) is 0. The summed E-state index contributed by atoms with van der Waals surface area (Å²) in [4.78, 5) is 24.8. The maximum atomic E-state index is 12.5. The number of rotatable bonds is 8. The van der Waals surface area contributed by atoms with Crippen LogP contribution in [0.4, 0.5) is 21.0 Å². The molecule has 4 N–H and O–H groups in total. The zero-order chi connectivity index (χ0) is 22.1. The van der Waals surface area contributed by atoms with Gasteiger partial charge in [-0.2, -0.15) is 0 Å². The van der Waals surface area contributed by atoms with E-state index in [9.17, 15) is 9.59 Å². The largest absolute Gasteiger partial charge is 0.322 e. The number of nitrogens with one attached hydrogen (secondary N) is 4. The summed E-state index contributed by atoms with van der Waals surface area (Å²) in [5, 5.41) is 11.3. The van der Waals surface area contributed by atoms with Gasteiger partial charge in [-0.3, -0.25) is 0 Å². The van der Waals surface area contributed by atoms with E-state index < -0.39 is 17.1 Å². The van der Waals surface area contributed by atoms with E-state index in [1.165, 1.54) is 0 Å². The third-order valence-corrected chi connectivity index (χ3v) is 5.42. The van der Waals surface area contributed by atoms with Crippen molar-refractivity contribution in [1.82, 2.24) is 10.6 Å². The van der Waals surface area contributed by atoms with Gasteiger partial charge in [-0.25, -0.2) is 9.59 Å². The molecule has 0 unspecified atom stereocenters. The Morgan fingerprint density at radius 3 is 1.72 bits per heavy atom. The molecule has 0 saturated heterocycles. The summed E-state index contributed by atoms with van der Waals surface area (Å²) < 4.78 is 0. The Hall–Kier alpha value is -3.12. The molecular weight excluding hydrogens is 364 g/mol. The average Bonchev–Trinajstić information content (AvgIpc) is 2.73. The van der Waals surface area contributed by atoms with Crippen LogP contribution in [0.2, 0.25) is 0 Å². The van der Waals surface area contributed by atoms with Gasteiger partial charge in [0, 0.05) is 11.4 Å². The Kier molecular flexibility index (Phi) is 8.60. The lowest BCUT2D eigenvalue weighted by molar-refractivity contribution is 0.241. The maximum absolute atomic E-state index is 12.5. The van der Waals surface area contributed by atoms with E-state index in [-0.39, 0.29) is 6.03 Å². The van der Waals surface area contributed by atoms with Crippen molar-refractivity contribution in [1.29, 1.82) is 0 Å². The van der Waals surface area contributed by atoms with Crippen LogP contribution in [0.3, 0.4) is 0 Å². The zero-order valence-electron chi connectivity index (χ0n) is 18.0. The van der Waals surface area contributed by atoms with Gasteiger partial charge in [-0.1, -0.05) is 45.6 Å². The Balaban J connectivity index is 2.91. The number of amides is 4. The third kappa shape index (κ3) is 6.19. The minimum absolute atomic E-state index is 0.389. The summed E-state index contributed by atoms with van der Waals surface area (Å²) in [5.41, 5.74) is 0.593. The molecule has 0 saturated carbocycles. The SMILES string of the molecule is C#CC(CC)(CC)NC(=O)Nc1ccc(C)c(NC(=O)NC(C#C)(CC)CC)c1. The van der Waals surface area contributed by atoms with Crippen molar-refractivity contribution in [2.45, 2.75) is 71.4 Å². The van der Waals surface area contributed by atoms with Gasteiger partial charge >= 0.3 is 12.1 Å². The minimum Gasteiger partial charge on any atom is -0.322 e. The molecule has 6 heteroatoms. The number of carbonyl (C=O) groups is 2. The van der Waals surface area contributed by atoms with Crippen LogP contribution in [0.1, 0.15) is 58.9 Å². The summed E-state index contributed by atoms with van der Waals surface area (Å²) >= 11 is 0. The van der Waals surface area contributed by atoms with Crippen molar-refractivity contribution in [2.24, 2.45) is 0 Å². The van der Waals surface area contributed by atoms with Gasteiger partial charge in [-0.05, 0) is 50.3 Å². The highest BCUT2D eigenvalue weighted by Crippen LogP contribution is 2.22. The number of anilines is 2. The van der Waals surface area contributed by atoms with Gasteiger partial charge in [-0.15, -0.1) is 12.8 Å². The Labute approximate surface area is 174 Å². The first kappa shape index (κ1) is 23.9. The summed E-state index contributed by atoms with van der Waals surface area (Å²) in [6.45, 7) is 9.59. The van der Waals surface area contributed by atoms with Crippen molar-refractivity contribution in [3.05, 3.63) is 23.8 Å². The highest BCUT2D eigenvalue weighted by Gasteiger charge is 2.26.